The smallest absolute Gasteiger partial charge is 0.300 e. The fraction of sp³-hybridized carbons (Fsp3) is 0.312. The van der Waals surface area contributed by atoms with Gasteiger partial charge in [-0.15, -0.1) is 0 Å². The number of carboxylic acids is 1. The van der Waals surface area contributed by atoms with E-state index in [0.29, 0.717) is 79.3 Å². The summed E-state index contributed by atoms with van der Waals surface area (Å²) in [5.74, 6) is -0.646. The number of aryl methyl sites for hydroxylation is 2. The van der Waals surface area contributed by atoms with Crippen molar-refractivity contribution in [2.75, 3.05) is 14.2 Å². The second kappa shape index (κ2) is 15.7. The first kappa shape index (κ1) is 41.8. The molecule has 314 valence electrons. The van der Waals surface area contributed by atoms with Gasteiger partial charge in [-0.3, -0.25) is 4.79 Å². The Morgan fingerprint density at radius 1 is 0.567 bits per heavy atom. The molecule has 0 radical (unpaired) electrons. The van der Waals surface area contributed by atoms with Gasteiger partial charge in [-0.25, -0.2) is 0 Å². The molecule has 0 saturated carbocycles. The van der Waals surface area contributed by atoms with Gasteiger partial charge in [-0.1, -0.05) is 12.1 Å². The molecule has 0 fully saturated rings. The molecular formula is C48H52N2O10. The highest BCUT2D eigenvalue weighted by Gasteiger charge is 2.33. The second-order valence-electron chi connectivity index (χ2n) is 16.3. The minimum Gasteiger partial charge on any atom is -0.507 e. The first-order valence-corrected chi connectivity index (χ1v) is 19.9. The molecule has 0 aromatic heterocycles. The summed E-state index contributed by atoms with van der Waals surface area (Å²) < 4.78 is 11.8. The molecule has 2 aliphatic rings. The zero-order valence-corrected chi connectivity index (χ0v) is 35.2. The summed E-state index contributed by atoms with van der Waals surface area (Å²) >= 11 is 0. The first-order valence-electron chi connectivity index (χ1n) is 19.9. The lowest BCUT2D eigenvalue weighted by Gasteiger charge is -2.32. The number of ether oxygens (including phenoxy) is 2. The average Bonchev–Trinajstić information content (AvgIpc) is 3.14. The SMILES string of the molecule is CC(=O)O.COc1cc(C)cc2c(-c3c(O)cc(O)c4c3C[C@H](C)N[C@H]4C)cc(-c3cc(-c4c(O)cc(O)c5c4C[C@@H](C)N[C@@H]5C)c4cc(C)cc(OC)c4c3O)c(O)c12. The third-order valence-electron chi connectivity index (χ3n) is 11.7. The van der Waals surface area contributed by atoms with E-state index in [2.05, 4.69) is 24.5 Å². The highest BCUT2D eigenvalue weighted by atomic mass is 16.5. The summed E-state index contributed by atoms with van der Waals surface area (Å²) in [5.41, 5.74) is 7.27. The Morgan fingerprint density at radius 3 is 1.25 bits per heavy atom. The Hall–Kier alpha value is -6.37. The molecule has 2 aliphatic heterocycles. The van der Waals surface area contributed by atoms with E-state index in [0.717, 1.165) is 29.2 Å². The van der Waals surface area contributed by atoms with Crippen LogP contribution in [0.15, 0.2) is 48.5 Å². The molecule has 12 nitrogen and oxygen atoms in total. The molecule has 8 rings (SSSR count). The van der Waals surface area contributed by atoms with E-state index in [4.69, 9.17) is 19.4 Å². The van der Waals surface area contributed by atoms with Crippen LogP contribution < -0.4 is 20.1 Å². The molecule has 6 aromatic carbocycles. The van der Waals surface area contributed by atoms with Crippen LogP contribution in [-0.2, 0) is 17.6 Å². The molecule has 0 amide bonds. The molecule has 0 unspecified atom stereocenters. The summed E-state index contributed by atoms with van der Waals surface area (Å²) in [6.07, 6.45) is 1.02. The summed E-state index contributed by atoms with van der Waals surface area (Å²) in [7, 11) is 3.06. The molecule has 60 heavy (non-hydrogen) atoms. The van der Waals surface area contributed by atoms with Gasteiger partial charge in [-0.05, 0) is 123 Å². The average molecular weight is 817 g/mol. The number of aromatic hydroxyl groups is 6. The van der Waals surface area contributed by atoms with E-state index in [9.17, 15) is 30.6 Å². The number of phenolic OH excluding ortho intramolecular Hbond substituents is 6. The number of phenols is 6. The van der Waals surface area contributed by atoms with Crippen molar-refractivity contribution in [1.82, 2.24) is 10.6 Å². The van der Waals surface area contributed by atoms with Crippen molar-refractivity contribution >= 4 is 27.5 Å². The van der Waals surface area contributed by atoms with Gasteiger partial charge in [-0.2, -0.15) is 0 Å². The van der Waals surface area contributed by atoms with E-state index in [1.54, 1.807) is 12.1 Å². The van der Waals surface area contributed by atoms with Gasteiger partial charge < -0.3 is 55.9 Å². The van der Waals surface area contributed by atoms with Crippen molar-refractivity contribution < 1.29 is 50.0 Å². The Bertz CT molecular complexity index is 2560. The number of hydrogen-bond acceptors (Lipinski definition) is 11. The standard InChI is InChI=1S/C46H48N2O8.C2H4O2/c1-19-9-25-27(41-31-13-21(3)47-23(5)39(31)33(49)17-35(41)51)15-29(45(53)43(25)37(11-19)55-7)30-16-28(26-10-20(2)12-38(56-8)44(26)46(30)54)42-32-14-22(4)48-24(6)40(32)34(50)18-36(42)52;1-2(3)4/h9-12,15-18,21-24,47-54H,13-14H2,1-8H3;1H3,(H,3,4)/t21-,22+,23-,24+;. The molecule has 0 spiro atoms. The largest absolute Gasteiger partial charge is 0.507 e. The molecule has 4 atom stereocenters. The third kappa shape index (κ3) is 6.99. The third-order valence-corrected chi connectivity index (χ3v) is 11.7. The van der Waals surface area contributed by atoms with Crippen molar-refractivity contribution in [2.45, 2.75) is 85.5 Å². The van der Waals surface area contributed by atoms with Gasteiger partial charge in [0.25, 0.3) is 5.97 Å². The number of aliphatic carboxylic acids is 1. The van der Waals surface area contributed by atoms with Crippen molar-refractivity contribution in [3.05, 3.63) is 81.9 Å². The van der Waals surface area contributed by atoms with Crippen LogP contribution in [0.2, 0.25) is 0 Å². The predicted molar refractivity (Wildman–Crippen MR) is 233 cm³/mol. The van der Waals surface area contributed by atoms with E-state index < -0.39 is 5.97 Å². The quantitative estimate of drug-likeness (QED) is 0.0800. The summed E-state index contributed by atoms with van der Waals surface area (Å²) in [6.45, 7) is 13.0. The summed E-state index contributed by atoms with van der Waals surface area (Å²) in [6, 6.07) is 13.4. The normalized spacial score (nSPS) is 18.4. The number of hydrogen-bond donors (Lipinski definition) is 9. The number of carbonyl (C=O) groups is 1. The monoisotopic (exact) mass is 816 g/mol. The molecule has 0 saturated heterocycles. The molecule has 0 aliphatic carbocycles. The summed E-state index contributed by atoms with van der Waals surface area (Å²) in [4.78, 5) is 9.00. The number of methoxy groups -OCH3 is 2. The van der Waals surface area contributed by atoms with Gasteiger partial charge in [0.2, 0.25) is 0 Å². The zero-order chi connectivity index (χ0) is 43.6. The molecule has 2 heterocycles. The zero-order valence-electron chi connectivity index (χ0n) is 35.2. The second-order valence-corrected chi connectivity index (χ2v) is 16.3. The van der Waals surface area contributed by atoms with Crippen LogP contribution in [0.3, 0.4) is 0 Å². The van der Waals surface area contributed by atoms with Crippen LogP contribution in [0.1, 0.15) is 80.1 Å². The lowest BCUT2D eigenvalue weighted by atomic mass is 9.80. The maximum atomic E-state index is 12.5. The maximum absolute atomic E-state index is 12.5. The summed E-state index contributed by atoms with van der Waals surface area (Å²) in [5, 5.41) is 87.1. The molecular weight excluding hydrogens is 765 g/mol. The van der Waals surface area contributed by atoms with Crippen molar-refractivity contribution in [3.63, 3.8) is 0 Å². The van der Waals surface area contributed by atoms with Crippen LogP contribution in [-0.4, -0.2) is 68.0 Å². The van der Waals surface area contributed by atoms with Crippen LogP contribution in [0, 0.1) is 13.8 Å². The minimum atomic E-state index is -0.833. The van der Waals surface area contributed by atoms with Crippen molar-refractivity contribution in [1.29, 1.82) is 0 Å². The van der Waals surface area contributed by atoms with Gasteiger partial charge in [0.05, 0.1) is 25.0 Å². The topological polar surface area (TPSA) is 201 Å². The number of nitrogens with one attached hydrogen (secondary N) is 2. The highest BCUT2D eigenvalue weighted by Crippen LogP contribution is 2.56. The number of carboxylic acid groups (broad SMARTS) is 1. The van der Waals surface area contributed by atoms with E-state index in [1.165, 1.54) is 26.4 Å². The fourth-order valence-electron chi connectivity index (χ4n) is 9.60. The van der Waals surface area contributed by atoms with Gasteiger partial charge >= 0.3 is 0 Å². The van der Waals surface area contributed by atoms with Crippen LogP contribution in [0.25, 0.3) is 54.9 Å². The Morgan fingerprint density at radius 2 is 0.917 bits per heavy atom. The first-order chi connectivity index (χ1) is 28.4. The lowest BCUT2D eigenvalue weighted by Crippen LogP contribution is -2.36. The van der Waals surface area contributed by atoms with Crippen molar-refractivity contribution in [3.8, 4) is 79.4 Å². The van der Waals surface area contributed by atoms with Crippen LogP contribution in [0.5, 0.6) is 46.0 Å². The van der Waals surface area contributed by atoms with Crippen LogP contribution >= 0.6 is 0 Å². The molecule has 0 bridgehead atoms. The minimum absolute atomic E-state index is 0.0136. The predicted octanol–water partition coefficient (Wildman–Crippen LogP) is 9.14. The van der Waals surface area contributed by atoms with Gasteiger partial charge in [0, 0.05) is 76.6 Å². The Balaban J connectivity index is 0.00000130. The van der Waals surface area contributed by atoms with Crippen LogP contribution in [0.4, 0.5) is 0 Å². The van der Waals surface area contributed by atoms with Gasteiger partial charge in [0.1, 0.15) is 46.0 Å². The molecule has 6 aromatic rings. The fourth-order valence-corrected chi connectivity index (χ4v) is 9.60. The van der Waals surface area contributed by atoms with E-state index in [1.807, 2.05) is 52.0 Å². The van der Waals surface area contributed by atoms with E-state index in [-0.39, 0.29) is 69.8 Å². The molecule has 12 heteroatoms. The van der Waals surface area contributed by atoms with Crippen molar-refractivity contribution in [2.24, 2.45) is 0 Å². The number of benzene rings is 6. The maximum Gasteiger partial charge on any atom is 0.300 e. The van der Waals surface area contributed by atoms with Gasteiger partial charge in [0.15, 0.2) is 0 Å². The number of rotatable bonds is 5. The Kier molecular flexibility index (Phi) is 10.9. The lowest BCUT2D eigenvalue weighted by molar-refractivity contribution is -0.134. The number of fused-ring (bicyclic) bond motifs is 4. The Labute approximate surface area is 348 Å². The van der Waals surface area contributed by atoms with E-state index >= 15 is 0 Å². The highest BCUT2D eigenvalue weighted by molar-refractivity contribution is 6.13. The molecule has 9 N–H and O–H groups in total.